The number of carbonyl (C=O) groups excluding carboxylic acids is 2. The second kappa shape index (κ2) is 8.89. The second-order valence-electron chi connectivity index (χ2n) is 5.42. The minimum atomic E-state index is -0.197. The third-order valence-electron chi connectivity index (χ3n) is 3.35. The first kappa shape index (κ1) is 19.9. The van der Waals surface area contributed by atoms with Crippen LogP contribution in [-0.4, -0.2) is 20.2 Å². The van der Waals surface area contributed by atoms with E-state index in [2.05, 4.69) is 9.97 Å². The molecule has 0 aliphatic heterocycles. The molecule has 0 radical (unpaired) electrons. The van der Waals surface area contributed by atoms with Gasteiger partial charge in [0.1, 0.15) is 5.03 Å². The zero-order valence-corrected chi connectivity index (χ0v) is 17.1. The minimum Gasteiger partial charge on any atom is -0.281 e. The maximum absolute atomic E-state index is 12.4. The first-order valence-electron chi connectivity index (χ1n) is 7.72. The third kappa shape index (κ3) is 5.56. The van der Waals surface area contributed by atoms with Crippen LogP contribution in [0.1, 0.15) is 26.4 Å². The zero-order valence-electron chi connectivity index (χ0n) is 14.0. The lowest BCUT2D eigenvalue weighted by Gasteiger charge is -2.05. The zero-order chi connectivity index (χ0) is 19.4. The minimum absolute atomic E-state index is 0.162. The van der Waals surface area contributed by atoms with Crippen molar-refractivity contribution < 1.29 is 9.59 Å². The Balaban J connectivity index is 1.75. The molecule has 0 unspecified atom stereocenters. The highest BCUT2D eigenvalue weighted by Crippen LogP contribution is 2.26. The molecule has 0 aliphatic rings. The van der Waals surface area contributed by atoms with Crippen LogP contribution >= 0.6 is 46.7 Å². The number of thioether (sulfide) groups is 2. The van der Waals surface area contributed by atoms with Crippen molar-refractivity contribution in [3.63, 3.8) is 0 Å². The lowest BCUT2D eigenvalue weighted by atomic mass is 10.2. The van der Waals surface area contributed by atoms with E-state index in [9.17, 15) is 9.59 Å². The van der Waals surface area contributed by atoms with Crippen LogP contribution < -0.4 is 0 Å². The summed E-state index contributed by atoms with van der Waals surface area (Å²) in [7, 11) is 0. The number of halogens is 2. The quantitative estimate of drug-likeness (QED) is 0.286. The average Bonchev–Trinajstić information content (AvgIpc) is 2.62. The Morgan fingerprint density at radius 1 is 0.778 bits per heavy atom. The number of carbonyl (C=O) groups is 2. The van der Waals surface area contributed by atoms with Gasteiger partial charge in [-0.1, -0.05) is 23.2 Å². The van der Waals surface area contributed by atoms with E-state index in [1.165, 1.54) is 0 Å². The van der Waals surface area contributed by atoms with E-state index in [-0.39, 0.29) is 10.2 Å². The molecule has 1 aromatic heterocycles. The van der Waals surface area contributed by atoms with Gasteiger partial charge in [-0.25, -0.2) is 9.97 Å². The predicted octanol–water partition coefficient (Wildman–Crippen LogP) is 5.96. The third-order valence-corrected chi connectivity index (χ3v) is 5.48. The lowest BCUT2D eigenvalue weighted by molar-refractivity contribution is 0.108. The molecule has 0 bridgehead atoms. The molecule has 0 spiro atoms. The summed E-state index contributed by atoms with van der Waals surface area (Å²) < 4.78 is 0. The summed E-state index contributed by atoms with van der Waals surface area (Å²) in [6.45, 7) is 1.79. The highest BCUT2D eigenvalue weighted by atomic mass is 35.5. The van der Waals surface area contributed by atoms with Gasteiger partial charge in [-0.3, -0.25) is 9.59 Å². The summed E-state index contributed by atoms with van der Waals surface area (Å²) in [6.07, 6.45) is 0. The lowest BCUT2D eigenvalue weighted by Crippen LogP contribution is -2.00. The van der Waals surface area contributed by atoms with E-state index in [1.54, 1.807) is 61.5 Å². The van der Waals surface area contributed by atoms with Gasteiger partial charge in [0.15, 0.2) is 5.16 Å². The molecule has 0 N–H and O–H groups in total. The van der Waals surface area contributed by atoms with Crippen LogP contribution in [0.3, 0.4) is 0 Å². The monoisotopic (exact) mass is 434 g/mol. The topological polar surface area (TPSA) is 59.9 Å². The molecule has 4 nitrogen and oxygen atoms in total. The van der Waals surface area contributed by atoms with E-state index in [1.807, 2.05) is 0 Å². The maximum atomic E-state index is 12.4. The normalized spacial score (nSPS) is 10.6. The molecular formula is C19H12Cl2N2O2S2. The standard InChI is InChI=1S/C19H12Cl2N2O2S2/c1-11-10-16(26-17(24)12-2-6-14(20)7-3-12)23-19(22-11)27-18(25)13-4-8-15(21)9-5-13/h2-10H,1H3. The number of hydrogen-bond acceptors (Lipinski definition) is 6. The van der Waals surface area contributed by atoms with Crippen LogP contribution in [0.15, 0.2) is 64.8 Å². The first-order chi connectivity index (χ1) is 12.9. The van der Waals surface area contributed by atoms with Gasteiger partial charge in [0.2, 0.25) is 10.2 Å². The first-order valence-corrected chi connectivity index (χ1v) is 10.1. The summed E-state index contributed by atoms with van der Waals surface area (Å²) >= 11 is 13.6. The number of hydrogen-bond donors (Lipinski definition) is 0. The molecule has 0 aliphatic carbocycles. The largest absolute Gasteiger partial charge is 0.281 e. The molecule has 0 saturated heterocycles. The molecule has 0 amide bonds. The van der Waals surface area contributed by atoms with Gasteiger partial charge in [0, 0.05) is 26.9 Å². The second-order valence-corrected chi connectivity index (χ2v) is 8.23. The van der Waals surface area contributed by atoms with Crippen molar-refractivity contribution in [3.8, 4) is 0 Å². The molecule has 0 saturated carbocycles. The number of nitrogens with zero attached hydrogens (tertiary/aromatic N) is 2. The fraction of sp³-hybridized carbons (Fsp3) is 0.0526. The number of aromatic nitrogens is 2. The van der Waals surface area contributed by atoms with Gasteiger partial charge in [0.05, 0.1) is 0 Å². The van der Waals surface area contributed by atoms with Crippen LogP contribution in [0.5, 0.6) is 0 Å². The number of rotatable bonds is 4. The molecule has 8 heteroatoms. The van der Waals surface area contributed by atoms with Gasteiger partial charge < -0.3 is 0 Å². The summed E-state index contributed by atoms with van der Waals surface area (Å²) in [5.74, 6) is 0. The van der Waals surface area contributed by atoms with Gasteiger partial charge in [-0.05, 0) is 85.0 Å². The fourth-order valence-corrected chi connectivity index (χ4v) is 3.95. The van der Waals surface area contributed by atoms with E-state index in [0.29, 0.717) is 37.0 Å². The van der Waals surface area contributed by atoms with Crippen LogP contribution in [0.2, 0.25) is 10.0 Å². The molecule has 1 heterocycles. The van der Waals surface area contributed by atoms with Crippen molar-refractivity contribution in [1.29, 1.82) is 0 Å². The molecular weight excluding hydrogens is 423 g/mol. The Bertz CT molecular complexity index is 916. The molecule has 136 valence electrons. The molecule has 27 heavy (non-hydrogen) atoms. The predicted molar refractivity (Wildman–Crippen MR) is 110 cm³/mol. The highest BCUT2D eigenvalue weighted by molar-refractivity contribution is 8.14. The molecule has 3 rings (SSSR count). The number of benzene rings is 2. The van der Waals surface area contributed by atoms with E-state index >= 15 is 0 Å². The van der Waals surface area contributed by atoms with Crippen LogP contribution in [-0.2, 0) is 0 Å². The summed E-state index contributed by atoms with van der Waals surface area (Å²) in [5, 5.41) is 1.54. The SMILES string of the molecule is Cc1cc(SC(=O)c2ccc(Cl)cc2)nc(SC(=O)c2ccc(Cl)cc2)n1. The van der Waals surface area contributed by atoms with Crippen molar-refractivity contribution in [2.24, 2.45) is 0 Å². The van der Waals surface area contributed by atoms with Crippen LogP contribution in [0.25, 0.3) is 0 Å². The Morgan fingerprint density at radius 3 is 1.78 bits per heavy atom. The summed E-state index contributed by atoms with van der Waals surface area (Å²) in [4.78, 5) is 33.4. The van der Waals surface area contributed by atoms with E-state index in [4.69, 9.17) is 23.2 Å². The van der Waals surface area contributed by atoms with Gasteiger partial charge in [0.25, 0.3) is 0 Å². The average molecular weight is 435 g/mol. The van der Waals surface area contributed by atoms with Crippen molar-refractivity contribution in [1.82, 2.24) is 9.97 Å². The fourth-order valence-electron chi connectivity index (χ4n) is 2.08. The Kier molecular flexibility index (Phi) is 6.55. The van der Waals surface area contributed by atoms with E-state index in [0.717, 1.165) is 23.5 Å². The molecule has 2 aromatic carbocycles. The molecule has 0 atom stereocenters. The van der Waals surface area contributed by atoms with Crippen molar-refractivity contribution in [2.45, 2.75) is 17.1 Å². The van der Waals surface area contributed by atoms with Crippen molar-refractivity contribution in [2.75, 3.05) is 0 Å². The maximum Gasteiger partial charge on any atom is 0.227 e. The van der Waals surface area contributed by atoms with Gasteiger partial charge in [-0.2, -0.15) is 0 Å². The van der Waals surface area contributed by atoms with Crippen LogP contribution in [0, 0.1) is 6.92 Å². The summed E-state index contributed by atoms with van der Waals surface area (Å²) in [6, 6.07) is 14.9. The van der Waals surface area contributed by atoms with Crippen LogP contribution in [0.4, 0.5) is 0 Å². The van der Waals surface area contributed by atoms with Crippen molar-refractivity contribution >= 4 is 57.0 Å². The molecule has 0 fully saturated rings. The smallest absolute Gasteiger partial charge is 0.227 e. The summed E-state index contributed by atoms with van der Waals surface area (Å²) in [5.41, 5.74) is 1.69. The van der Waals surface area contributed by atoms with E-state index < -0.39 is 0 Å². The molecule has 3 aromatic rings. The highest BCUT2D eigenvalue weighted by Gasteiger charge is 2.14. The Labute approximate surface area is 174 Å². The van der Waals surface area contributed by atoms with Crippen molar-refractivity contribution in [3.05, 3.63) is 81.5 Å². The number of aryl methyl sites for hydroxylation is 1. The van der Waals surface area contributed by atoms with Gasteiger partial charge in [-0.15, -0.1) is 0 Å². The Morgan fingerprint density at radius 2 is 1.26 bits per heavy atom. The van der Waals surface area contributed by atoms with Gasteiger partial charge >= 0.3 is 0 Å². The Hall–Kier alpha value is -1.86.